The molecule has 6 rings (SSSR count). The minimum Gasteiger partial charge on any atom is -0.497 e. The van der Waals surface area contributed by atoms with Gasteiger partial charge in [-0.05, 0) is 30.2 Å². The van der Waals surface area contributed by atoms with Crippen molar-refractivity contribution in [1.82, 2.24) is 0 Å². The molecule has 1 amide bonds. The van der Waals surface area contributed by atoms with Gasteiger partial charge < -0.3 is 14.5 Å². The third-order valence-electron chi connectivity index (χ3n) is 6.51. The summed E-state index contributed by atoms with van der Waals surface area (Å²) in [7, 11) is 3.48. The lowest BCUT2D eigenvalue weighted by Crippen LogP contribution is -2.46. The number of likely N-dealkylation sites (N-methyl/N-ethyl adjacent to an activating group) is 1. The molecule has 0 bridgehead atoms. The van der Waals surface area contributed by atoms with Crippen LogP contribution in [0, 0.1) is 0 Å². The average molecular weight is 395 g/mol. The van der Waals surface area contributed by atoms with Gasteiger partial charge in [0.1, 0.15) is 11.6 Å². The number of amides is 1. The molecule has 5 heteroatoms. The summed E-state index contributed by atoms with van der Waals surface area (Å²) in [6.45, 7) is 0.866. The smallest absolute Gasteiger partial charge is 0.264 e. The molecule has 30 heavy (non-hydrogen) atoms. The highest BCUT2D eigenvalue weighted by Crippen LogP contribution is 2.54. The van der Waals surface area contributed by atoms with Crippen LogP contribution in [0.4, 0.5) is 11.4 Å². The Kier molecular flexibility index (Phi) is 3.43. The molecule has 5 nitrogen and oxygen atoms in total. The molecule has 148 valence electrons. The van der Waals surface area contributed by atoms with Crippen molar-refractivity contribution in [3.8, 4) is 5.75 Å². The molecule has 3 aromatic rings. The molecule has 0 N–H and O–H groups in total. The summed E-state index contributed by atoms with van der Waals surface area (Å²) in [5, 5.41) is 0. The fraction of sp³-hybridized carbons (Fsp3) is 0.200. The summed E-state index contributed by atoms with van der Waals surface area (Å²) in [5.41, 5.74) is 5.03. The van der Waals surface area contributed by atoms with Gasteiger partial charge in [0, 0.05) is 30.3 Å². The number of amidine groups is 1. The van der Waals surface area contributed by atoms with E-state index in [0.29, 0.717) is 0 Å². The summed E-state index contributed by atoms with van der Waals surface area (Å²) in [5.74, 6) is 1.55. The first-order valence-electron chi connectivity index (χ1n) is 10.2. The number of rotatable bonds is 2. The van der Waals surface area contributed by atoms with Crippen molar-refractivity contribution in [3.63, 3.8) is 0 Å². The highest BCUT2D eigenvalue weighted by Gasteiger charge is 2.56. The van der Waals surface area contributed by atoms with Gasteiger partial charge in [0.2, 0.25) is 0 Å². The molecule has 0 aromatic heterocycles. The fourth-order valence-corrected chi connectivity index (χ4v) is 5.11. The Labute approximate surface area is 175 Å². The third-order valence-corrected chi connectivity index (χ3v) is 6.51. The topological polar surface area (TPSA) is 45.1 Å². The Hall–Kier alpha value is -3.60. The van der Waals surface area contributed by atoms with Crippen molar-refractivity contribution >= 4 is 23.1 Å². The number of carbonyl (C=O) groups is 1. The van der Waals surface area contributed by atoms with Gasteiger partial charge in [-0.3, -0.25) is 4.79 Å². The highest BCUT2D eigenvalue weighted by molar-refractivity contribution is 6.19. The van der Waals surface area contributed by atoms with E-state index in [1.165, 1.54) is 5.56 Å². The Morgan fingerprint density at radius 3 is 2.63 bits per heavy atom. The lowest BCUT2D eigenvalue weighted by atomic mass is 9.81. The lowest BCUT2D eigenvalue weighted by Gasteiger charge is -2.37. The minimum absolute atomic E-state index is 0.0286. The van der Waals surface area contributed by atoms with Crippen LogP contribution >= 0.6 is 0 Å². The van der Waals surface area contributed by atoms with E-state index in [-0.39, 0.29) is 5.91 Å². The van der Waals surface area contributed by atoms with E-state index >= 15 is 0 Å². The van der Waals surface area contributed by atoms with Crippen molar-refractivity contribution in [2.24, 2.45) is 4.99 Å². The van der Waals surface area contributed by atoms with E-state index in [9.17, 15) is 4.79 Å². The van der Waals surface area contributed by atoms with Crippen LogP contribution in [0.5, 0.6) is 5.75 Å². The summed E-state index contributed by atoms with van der Waals surface area (Å²) >= 11 is 0. The molecular formula is C25H21N3O2. The van der Waals surface area contributed by atoms with Gasteiger partial charge in [-0.25, -0.2) is 4.99 Å². The van der Waals surface area contributed by atoms with Crippen molar-refractivity contribution < 1.29 is 9.53 Å². The first kappa shape index (κ1) is 17.3. The molecule has 0 radical (unpaired) electrons. The van der Waals surface area contributed by atoms with Gasteiger partial charge in [0.15, 0.2) is 5.54 Å². The quantitative estimate of drug-likeness (QED) is 0.664. The number of methoxy groups -OCH3 is 1. The number of ether oxygens (including phenoxy) is 1. The zero-order valence-corrected chi connectivity index (χ0v) is 16.9. The molecular weight excluding hydrogens is 374 g/mol. The maximum absolute atomic E-state index is 13.9. The van der Waals surface area contributed by atoms with Crippen molar-refractivity contribution in [2.75, 3.05) is 30.5 Å². The summed E-state index contributed by atoms with van der Waals surface area (Å²) in [4.78, 5) is 23.1. The summed E-state index contributed by atoms with van der Waals surface area (Å²) < 4.78 is 5.51. The molecule has 3 aliphatic rings. The van der Waals surface area contributed by atoms with Gasteiger partial charge in [-0.1, -0.05) is 48.5 Å². The lowest BCUT2D eigenvalue weighted by molar-refractivity contribution is -0.121. The normalized spacial score (nSPS) is 21.0. The number of aliphatic imine (C=N–C) groups is 1. The fourth-order valence-electron chi connectivity index (χ4n) is 5.11. The van der Waals surface area contributed by atoms with Crippen LogP contribution in [0.3, 0.4) is 0 Å². The largest absolute Gasteiger partial charge is 0.497 e. The maximum atomic E-state index is 13.9. The Morgan fingerprint density at radius 1 is 1.00 bits per heavy atom. The van der Waals surface area contributed by atoms with Gasteiger partial charge in [-0.15, -0.1) is 0 Å². The van der Waals surface area contributed by atoms with E-state index < -0.39 is 5.54 Å². The van der Waals surface area contributed by atoms with Crippen LogP contribution in [-0.2, 0) is 16.8 Å². The van der Waals surface area contributed by atoms with Crippen LogP contribution in [-0.4, -0.2) is 32.4 Å². The second kappa shape index (κ2) is 5.95. The second-order valence-electron chi connectivity index (χ2n) is 7.97. The standard InChI is InChI=1S/C25H21N3O2/c1-27-21-12-11-18(30-2)15-20(21)25(24(27)29)19-10-6-9-16-13-14-28(22(16)19)23(26-25)17-7-4-3-5-8-17/h3-12,15H,13-14H2,1-2H3. The molecule has 3 aromatic carbocycles. The Morgan fingerprint density at radius 2 is 1.83 bits per heavy atom. The number of para-hydroxylation sites is 1. The van der Waals surface area contributed by atoms with Gasteiger partial charge in [-0.2, -0.15) is 0 Å². The number of benzene rings is 3. The molecule has 1 spiro atoms. The van der Waals surface area contributed by atoms with E-state index in [1.54, 1.807) is 12.0 Å². The predicted octanol–water partition coefficient (Wildman–Crippen LogP) is 3.74. The third kappa shape index (κ3) is 2.02. The van der Waals surface area contributed by atoms with Crippen molar-refractivity contribution in [2.45, 2.75) is 12.0 Å². The average Bonchev–Trinajstić information content (AvgIpc) is 3.31. The molecule has 0 fully saturated rings. The first-order chi connectivity index (χ1) is 14.6. The highest BCUT2D eigenvalue weighted by atomic mass is 16.5. The van der Waals surface area contributed by atoms with E-state index in [2.05, 4.69) is 29.2 Å². The molecule has 0 saturated carbocycles. The summed E-state index contributed by atoms with van der Waals surface area (Å²) in [6, 6.07) is 22.2. The van der Waals surface area contributed by atoms with Gasteiger partial charge >= 0.3 is 0 Å². The molecule has 0 saturated heterocycles. The van der Waals surface area contributed by atoms with E-state index in [4.69, 9.17) is 9.73 Å². The molecule has 3 heterocycles. The van der Waals surface area contributed by atoms with Crippen LogP contribution in [0.1, 0.15) is 22.3 Å². The van der Waals surface area contributed by atoms with E-state index in [0.717, 1.165) is 52.6 Å². The van der Waals surface area contributed by atoms with Gasteiger partial charge in [0.05, 0.1) is 18.5 Å². The van der Waals surface area contributed by atoms with Crippen LogP contribution in [0.2, 0.25) is 0 Å². The molecule has 1 unspecified atom stereocenters. The number of hydrogen-bond donors (Lipinski definition) is 0. The predicted molar refractivity (Wildman–Crippen MR) is 118 cm³/mol. The van der Waals surface area contributed by atoms with Crippen molar-refractivity contribution in [3.05, 3.63) is 89.0 Å². The second-order valence-corrected chi connectivity index (χ2v) is 7.97. The zero-order chi connectivity index (χ0) is 20.5. The van der Waals surface area contributed by atoms with Crippen LogP contribution in [0.25, 0.3) is 0 Å². The number of fused-ring (bicyclic) bond motifs is 3. The molecule has 3 aliphatic heterocycles. The number of anilines is 2. The maximum Gasteiger partial charge on any atom is 0.264 e. The van der Waals surface area contributed by atoms with E-state index in [1.807, 2.05) is 49.5 Å². The first-order valence-corrected chi connectivity index (χ1v) is 10.2. The number of hydrogen-bond acceptors (Lipinski definition) is 4. The van der Waals surface area contributed by atoms with Crippen LogP contribution in [0.15, 0.2) is 71.7 Å². The van der Waals surface area contributed by atoms with Crippen LogP contribution < -0.4 is 14.5 Å². The minimum atomic E-state index is -1.10. The Bertz CT molecular complexity index is 1230. The van der Waals surface area contributed by atoms with Crippen molar-refractivity contribution in [1.29, 1.82) is 0 Å². The number of carbonyl (C=O) groups excluding carboxylic acids is 1. The van der Waals surface area contributed by atoms with Gasteiger partial charge in [0.25, 0.3) is 5.91 Å². The monoisotopic (exact) mass is 395 g/mol. The summed E-state index contributed by atoms with van der Waals surface area (Å²) in [6.07, 6.45) is 0.945. The SMILES string of the molecule is COc1ccc2c(c1)C1(N=C(c3ccccc3)N3CCc4cccc1c43)C(=O)N2C. The Balaban J connectivity index is 1.72. The molecule has 0 aliphatic carbocycles. The zero-order valence-electron chi connectivity index (χ0n) is 16.9. The number of nitrogens with zero attached hydrogens (tertiary/aromatic N) is 3. The molecule has 1 atom stereocenters.